The number of hydrogen-bond donors (Lipinski definition) is 2. The van der Waals surface area contributed by atoms with Crippen molar-refractivity contribution >= 4 is 21.7 Å². The standard InChI is InChI=1S/C13H22N2O5S/c1-9-6-10(13(17)18)2-4-15(9)12(16)7-11-8-21(19,20)5-3-14-11/h9-11,14H,2-8H2,1H3,(H,17,18). The van der Waals surface area contributed by atoms with Gasteiger partial charge >= 0.3 is 5.97 Å². The highest BCUT2D eigenvalue weighted by molar-refractivity contribution is 7.91. The van der Waals surface area contributed by atoms with E-state index in [1.807, 2.05) is 6.92 Å². The molecule has 0 spiro atoms. The third kappa shape index (κ3) is 4.16. The van der Waals surface area contributed by atoms with E-state index in [1.165, 1.54) is 0 Å². The summed E-state index contributed by atoms with van der Waals surface area (Å²) >= 11 is 0. The van der Waals surface area contributed by atoms with E-state index >= 15 is 0 Å². The van der Waals surface area contributed by atoms with Gasteiger partial charge in [0.05, 0.1) is 17.4 Å². The number of amides is 1. The number of sulfone groups is 1. The predicted molar refractivity (Wildman–Crippen MR) is 76.6 cm³/mol. The highest BCUT2D eigenvalue weighted by Crippen LogP contribution is 2.24. The van der Waals surface area contributed by atoms with Gasteiger partial charge in [0.15, 0.2) is 9.84 Å². The van der Waals surface area contributed by atoms with Crippen LogP contribution in [0.3, 0.4) is 0 Å². The molecule has 0 aromatic carbocycles. The van der Waals surface area contributed by atoms with Crippen LogP contribution in [0.2, 0.25) is 0 Å². The lowest BCUT2D eigenvalue weighted by Crippen LogP contribution is -2.51. The summed E-state index contributed by atoms with van der Waals surface area (Å²) in [6, 6.07) is -0.451. The zero-order chi connectivity index (χ0) is 15.6. The molecule has 3 unspecified atom stereocenters. The lowest BCUT2D eigenvalue weighted by atomic mass is 9.91. The molecular weight excluding hydrogens is 296 g/mol. The zero-order valence-corrected chi connectivity index (χ0v) is 12.9. The summed E-state index contributed by atoms with van der Waals surface area (Å²) in [4.78, 5) is 25.0. The van der Waals surface area contributed by atoms with Gasteiger partial charge in [-0.1, -0.05) is 0 Å². The molecule has 3 atom stereocenters. The molecule has 2 aliphatic rings. The molecule has 21 heavy (non-hydrogen) atoms. The first kappa shape index (κ1) is 16.2. The Hall–Kier alpha value is -1.15. The largest absolute Gasteiger partial charge is 0.481 e. The van der Waals surface area contributed by atoms with Crippen molar-refractivity contribution in [3.8, 4) is 0 Å². The van der Waals surface area contributed by atoms with E-state index in [-0.39, 0.29) is 35.9 Å². The molecule has 0 saturated carbocycles. The number of nitrogens with zero attached hydrogens (tertiary/aromatic N) is 1. The minimum atomic E-state index is -3.05. The second kappa shape index (κ2) is 6.31. The van der Waals surface area contributed by atoms with E-state index in [1.54, 1.807) is 4.90 Å². The first-order valence-corrected chi connectivity index (χ1v) is 9.06. The van der Waals surface area contributed by atoms with Crippen molar-refractivity contribution in [2.45, 2.75) is 38.3 Å². The van der Waals surface area contributed by atoms with Crippen molar-refractivity contribution in [1.29, 1.82) is 0 Å². The Morgan fingerprint density at radius 1 is 1.38 bits per heavy atom. The average molecular weight is 318 g/mol. The fraction of sp³-hybridized carbons (Fsp3) is 0.846. The zero-order valence-electron chi connectivity index (χ0n) is 12.1. The maximum atomic E-state index is 12.3. The Kier molecular flexibility index (Phi) is 4.88. The van der Waals surface area contributed by atoms with Gasteiger partial charge in [0.1, 0.15) is 0 Å². The van der Waals surface area contributed by atoms with E-state index < -0.39 is 21.7 Å². The van der Waals surface area contributed by atoms with Crippen molar-refractivity contribution in [3.05, 3.63) is 0 Å². The normalized spacial score (nSPS) is 32.6. The summed E-state index contributed by atoms with van der Waals surface area (Å²) in [5.41, 5.74) is 0. The number of carbonyl (C=O) groups excluding carboxylic acids is 1. The summed E-state index contributed by atoms with van der Waals surface area (Å²) in [7, 11) is -3.05. The van der Waals surface area contributed by atoms with Crippen molar-refractivity contribution in [1.82, 2.24) is 10.2 Å². The molecule has 2 fully saturated rings. The van der Waals surface area contributed by atoms with Gasteiger partial charge in [-0.25, -0.2) is 8.42 Å². The molecule has 7 nitrogen and oxygen atoms in total. The minimum absolute atomic E-state index is 0.00128. The number of likely N-dealkylation sites (tertiary alicyclic amines) is 1. The molecule has 0 bridgehead atoms. The highest BCUT2D eigenvalue weighted by atomic mass is 32.2. The van der Waals surface area contributed by atoms with Crippen molar-refractivity contribution in [2.24, 2.45) is 5.92 Å². The minimum Gasteiger partial charge on any atom is -0.481 e. The highest BCUT2D eigenvalue weighted by Gasteiger charge is 2.34. The monoisotopic (exact) mass is 318 g/mol. The first-order valence-electron chi connectivity index (χ1n) is 7.24. The molecule has 0 aliphatic carbocycles. The Labute approximate surface area is 124 Å². The van der Waals surface area contributed by atoms with Gasteiger partial charge in [-0.15, -0.1) is 0 Å². The predicted octanol–water partition coefficient (Wildman–Crippen LogP) is -0.525. The summed E-state index contributed by atoms with van der Waals surface area (Å²) < 4.78 is 23.1. The molecule has 2 aliphatic heterocycles. The SMILES string of the molecule is CC1CC(C(=O)O)CCN1C(=O)CC1CS(=O)(=O)CCN1. The van der Waals surface area contributed by atoms with E-state index in [0.29, 0.717) is 25.9 Å². The van der Waals surface area contributed by atoms with Crippen LogP contribution in [0.4, 0.5) is 0 Å². The Bertz CT molecular complexity index is 519. The van der Waals surface area contributed by atoms with Gasteiger partial charge in [0.2, 0.25) is 5.91 Å². The average Bonchev–Trinajstić information content (AvgIpc) is 2.36. The number of carbonyl (C=O) groups is 2. The topological polar surface area (TPSA) is 104 Å². The van der Waals surface area contributed by atoms with Crippen LogP contribution in [0.5, 0.6) is 0 Å². The Balaban J connectivity index is 1.90. The number of rotatable bonds is 3. The third-order valence-corrected chi connectivity index (χ3v) is 6.00. The van der Waals surface area contributed by atoms with Gasteiger partial charge in [-0.2, -0.15) is 0 Å². The fourth-order valence-electron chi connectivity index (χ4n) is 3.09. The van der Waals surface area contributed by atoms with Crippen LogP contribution in [0.15, 0.2) is 0 Å². The summed E-state index contributed by atoms with van der Waals surface area (Å²) in [5.74, 6) is -1.18. The number of hydrogen-bond acceptors (Lipinski definition) is 5. The number of carboxylic acid groups (broad SMARTS) is 1. The van der Waals surface area contributed by atoms with Crippen LogP contribution >= 0.6 is 0 Å². The lowest BCUT2D eigenvalue weighted by Gasteiger charge is -2.37. The maximum absolute atomic E-state index is 12.3. The molecule has 1 amide bonds. The van der Waals surface area contributed by atoms with Gasteiger partial charge in [-0.05, 0) is 19.8 Å². The van der Waals surface area contributed by atoms with Crippen LogP contribution in [0, 0.1) is 5.92 Å². The van der Waals surface area contributed by atoms with Crippen LogP contribution < -0.4 is 5.32 Å². The van der Waals surface area contributed by atoms with Gasteiger partial charge in [0.25, 0.3) is 0 Å². The van der Waals surface area contributed by atoms with E-state index in [0.717, 1.165) is 0 Å². The smallest absolute Gasteiger partial charge is 0.306 e. The maximum Gasteiger partial charge on any atom is 0.306 e. The molecule has 0 aromatic rings. The third-order valence-electron chi connectivity index (χ3n) is 4.27. The molecule has 120 valence electrons. The molecule has 2 heterocycles. The summed E-state index contributed by atoms with van der Waals surface area (Å²) in [5, 5.41) is 12.1. The van der Waals surface area contributed by atoms with E-state index in [2.05, 4.69) is 5.32 Å². The molecule has 0 aromatic heterocycles. The second-order valence-electron chi connectivity index (χ2n) is 5.97. The van der Waals surface area contributed by atoms with Gasteiger partial charge in [0, 0.05) is 31.6 Å². The molecule has 0 radical (unpaired) electrons. The number of piperidine rings is 1. The number of carboxylic acids is 1. The Morgan fingerprint density at radius 3 is 2.67 bits per heavy atom. The molecule has 2 saturated heterocycles. The van der Waals surface area contributed by atoms with Crippen LogP contribution in [0.25, 0.3) is 0 Å². The van der Waals surface area contributed by atoms with Crippen molar-refractivity contribution < 1.29 is 23.1 Å². The first-order chi connectivity index (χ1) is 9.78. The number of aliphatic carboxylic acids is 1. The van der Waals surface area contributed by atoms with E-state index in [4.69, 9.17) is 5.11 Å². The quantitative estimate of drug-likeness (QED) is 0.725. The Morgan fingerprint density at radius 2 is 2.10 bits per heavy atom. The lowest BCUT2D eigenvalue weighted by molar-refractivity contribution is -0.147. The number of nitrogens with one attached hydrogen (secondary N) is 1. The van der Waals surface area contributed by atoms with Crippen LogP contribution in [-0.4, -0.2) is 67.0 Å². The fourth-order valence-corrected chi connectivity index (χ4v) is 4.54. The van der Waals surface area contributed by atoms with Gasteiger partial charge < -0.3 is 15.3 Å². The summed E-state index contributed by atoms with van der Waals surface area (Å²) in [6.45, 7) is 2.66. The second-order valence-corrected chi connectivity index (χ2v) is 8.19. The van der Waals surface area contributed by atoms with E-state index in [9.17, 15) is 18.0 Å². The summed E-state index contributed by atoms with van der Waals surface area (Å²) in [6.07, 6.45) is 1.07. The molecule has 2 rings (SSSR count). The molecule has 8 heteroatoms. The molecule has 2 N–H and O–H groups in total. The van der Waals surface area contributed by atoms with Crippen molar-refractivity contribution in [3.63, 3.8) is 0 Å². The van der Waals surface area contributed by atoms with Gasteiger partial charge in [-0.3, -0.25) is 9.59 Å². The van der Waals surface area contributed by atoms with Crippen LogP contribution in [-0.2, 0) is 19.4 Å². The molecular formula is C13H22N2O5S. The van der Waals surface area contributed by atoms with Crippen LogP contribution in [0.1, 0.15) is 26.2 Å². The van der Waals surface area contributed by atoms with Crippen molar-refractivity contribution in [2.75, 3.05) is 24.6 Å².